The van der Waals surface area contributed by atoms with Crippen molar-refractivity contribution >= 4 is 22.9 Å². The zero-order valence-corrected chi connectivity index (χ0v) is 14.1. The SMILES string of the molecule is CCOC(=O)/C=C/c1cc2cc(F)ccc2n1CC1CCCCC1. The molecule has 0 saturated heterocycles. The Balaban J connectivity index is 1.93. The molecular formula is C20H24FNO2. The average Bonchev–Trinajstić information content (AvgIpc) is 2.91. The molecular weight excluding hydrogens is 305 g/mol. The lowest BCUT2D eigenvalue weighted by atomic mass is 9.89. The Hall–Kier alpha value is -2.10. The molecule has 1 heterocycles. The highest BCUT2D eigenvalue weighted by atomic mass is 19.1. The van der Waals surface area contributed by atoms with E-state index < -0.39 is 0 Å². The van der Waals surface area contributed by atoms with Gasteiger partial charge in [-0.3, -0.25) is 0 Å². The number of rotatable bonds is 5. The molecule has 3 rings (SSSR count). The van der Waals surface area contributed by atoms with Gasteiger partial charge >= 0.3 is 5.97 Å². The summed E-state index contributed by atoms with van der Waals surface area (Å²) in [5.74, 6) is 0.0607. The number of hydrogen-bond donors (Lipinski definition) is 0. The van der Waals surface area contributed by atoms with Gasteiger partial charge in [0.25, 0.3) is 0 Å². The first kappa shape index (κ1) is 16.7. The highest BCUT2D eigenvalue weighted by Gasteiger charge is 2.17. The van der Waals surface area contributed by atoms with Crippen LogP contribution >= 0.6 is 0 Å². The number of fused-ring (bicyclic) bond motifs is 1. The topological polar surface area (TPSA) is 31.2 Å². The Labute approximate surface area is 142 Å². The fourth-order valence-corrected chi connectivity index (χ4v) is 3.58. The number of carbonyl (C=O) groups is 1. The quantitative estimate of drug-likeness (QED) is 0.575. The molecule has 24 heavy (non-hydrogen) atoms. The lowest BCUT2D eigenvalue weighted by molar-refractivity contribution is -0.137. The summed E-state index contributed by atoms with van der Waals surface area (Å²) in [6.07, 6.45) is 9.59. The van der Waals surface area contributed by atoms with Crippen LogP contribution < -0.4 is 0 Å². The molecule has 0 aliphatic heterocycles. The van der Waals surface area contributed by atoms with E-state index in [0.717, 1.165) is 23.1 Å². The number of benzene rings is 1. The summed E-state index contributed by atoms with van der Waals surface area (Å²) < 4.78 is 20.7. The van der Waals surface area contributed by atoms with Crippen LogP contribution in [-0.4, -0.2) is 17.1 Å². The van der Waals surface area contributed by atoms with Gasteiger partial charge in [0, 0.05) is 29.2 Å². The van der Waals surface area contributed by atoms with Crippen LogP contribution in [0.4, 0.5) is 4.39 Å². The highest BCUT2D eigenvalue weighted by molar-refractivity contribution is 5.89. The lowest BCUT2D eigenvalue weighted by Crippen LogP contribution is -2.15. The fourth-order valence-electron chi connectivity index (χ4n) is 3.58. The number of nitrogens with zero attached hydrogens (tertiary/aromatic N) is 1. The van der Waals surface area contributed by atoms with Crippen molar-refractivity contribution in [1.82, 2.24) is 4.57 Å². The van der Waals surface area contributed by atoms with Gasteiger partial charge in [0.05, 0.1) is 6.61 Å². The van der Waals surface area contributed by atoms with Gasteiger partial charge in [-0.15, -0.1) is 0 Å². The lowest BCUT2D eigenvalue weighted by Gasteiger charge is -2.23. The Bertz CT molecular complexity index is 741. The van der Waals surface area contributed by atoms with Crippen molar-refractivity contribution in [3.05, 3.63) is 41.9 Å². The highest BCUT2D eigenvalue weighted by Crippen LogP contribution is 2.29. The van der Waals surface area contributed by atoms with Crippen molar-refractivity contribution in [3.63, 3.8) is 0 Å². The minimum Gasteiger partial charge on any atom is -0.463 e. The van der Waals surface area contributed by atoms with Crippen LogP contribution in [0.5, 0.6) is 0 Å². The average molecular weight is 329 g/mol. The van der Waals surface area contributed by atoms with E-state index in [4.69, 9.17) is 4.74 Å². The van der Waals surface area contributed by atoms with Gasteiger partial charge < -0.3 is 9.30 Å². The van der Waals surface area contributed by atoms with Crippen LogP contribution in [0.2, 0.25) is 0 Å². The second kappa shape index (κ2) is 7.65. The van der Waals surface area contributed by atoms with E-state index in [1.54, 1.807) is 19.1 Å². The minimum absolute atomic E-state index is 0.238. The van der Waals surface area contributed by atoms with Gasteiger partial charge in [-0.25, -0.2) is 9.18 Å². The molecule has 1 aliphatic rings. The molecule has 128 valence electrons. The largest absolute Gasteiger partial charge is 0.463 e. The van der Waals surface area contributed by atoms with Crippen molar-refractivity contribution in [2.45, 2.75) is 45.6 Å². The first-order valence-corrected chi connectivity index (χ1v) is 8.81. The molecule has 1 aromatic carbocycles. The van der Waals surface area contributed by atoms with Crippen LogP contribution in [0, 0.1) is 11.7 Å². The first-order valence-electron chi connectivity index (χ1n) is 8.81. The van der Waals surface area contributed by atoms with Crippen molar-refractivity contribution in [2.75, 3.05) is 6.61 Å². The maximum atomic E-state index is 13.5. The van der Waals surface area contributed by atoms with Crippen molar-refractivity contribution < 1.29 is 13.9 Å². The fraction of sp³-hybridized carbons (Fsp3) is 0.450. The van der Waals surface area contributed by atoms with E-state index in [9.17, 15) is 9.18 Å². The van der Waals surface area contributed by atoms with Crippen molar-refractivity contribution in [1.29, 1.82) is 0 Å². The number of ether oxygens (including phenoxy) is 1. The molecule has 1 saturated carbocycles. The molecule has 1 aliphatic carbocycles. The van der Waals surface area contributed by atoms with Gasteiger partial charge in [0.15, 0.2) is 0 Å². The number of aromatic nitrogens is 1. The van der Waals surface area contributed by atoms with Gasteiger partial charge in [-0.1, -0.05) is 19.3 Å². The predicted octanol–water partition coefficient (Wildman–Crippen LogP) is 4.94. The Morgan fingerprint density at radius 3 is 2.83 bits per heavy atom. The van der Waals surface area contributed by atoms with Crippen LogP contribution in [0.25, 0.3) is 17.0 Å². The molecule has 0 amide bonds. The third-order valence-corrected chi connectivity index (χ3v) is 4.74. The smallest absolute Gasteiger partial charge is 0.330 e. The van der Waals surface area contributed by atoms with Gasteiger partial charge in [-0.2, -0.15) is 0 Å². The molecule has 3 nitrogen and oxygen atoms in total. The maximum absolute atomic E-state index is 13.5. The van der Waals surface area contributed by atoms with Crippen molar-refractivity contribution in [3.8, 4) is 0 Å². The Morgan fingerprint density at radius 1 is 1.29 bits per heavy atom. The van der Waals surface area contributed by atoms with E-state index in [0.29, 0.717) is 12.5 Å². The summed E-state index contributed by atoms with van der Waals surface area (Å²) >= 11 is 0. The molecule has 2 aromatic rings. The van der Waals surface area contributed by atoms with Gasteiger partial charge in [0.2, 0.25) is 0 Å². The van der Waals surface area contributed by atoms with E-state index in [1.165, 1.54) is 44.2 Å². The number of halogens is 1. The third-order valence-electron chi connectivity index (χ3n) is 4.74. The Kier molecular flexibility index (Phi) is 5.34. The van der Waals surface area contributed by atoms with E-state index >= 15 is 0 Å². The van der Waals surface area contributed by atoms with Crippen LogP contribution in [0.1, 0.15) is 44.7 Å². The normalized spacial score (nSPS) is 16.1. The summed E-state index contributed by atoms with van der Waals surface area (Å²) in [5.41, 5.74) is 1.94. The van der Waals surface area contributed by atoms with Crippen LogP contribution in [0.15, 0.2) is 30.3 Å². The van der Waals surface area contributed by atoms with Crippen molar-refractivity contribution in [2.24, 2.45) is 5.92 Å². The monoisotopic (exact) mass is 329 g/mol. The van der Waals surface area contributed by atoms with Crippen LogP contribution in [0.3, 0.4) is 0 Å². The molecule has 0 atom stereocenters. The molecule has 0 radical (unpaired) electrons. The molecule has 0 N–H and O–H groups in total. The molecule has 1 fully saturated rings. The van der Waals surface area contributed by atoms with E-state index in [2.05, 4.69) is 4.57 Å². The molecule has 0 spiro atoms. The molecule has 1 aromatic heterocycles. The third kappa shape index (κ3) is 3.86. The predicted molar refractivity (Wildman–Crippen MR) is 94.1 cm³/mol. The molecule has 4 heteroatoms. The number of esters is 1. The van der Waals surface area contributed by atoms with Gasteiger partial charge in [0.1, 0.15) is 5.82 Å². The second-order valence-corrected chi connectivity index (χ2v) is 6.47. The second-order valence-electron chi connectivity index (χ2n) is 6.47. The zero-order valence-electron chi connectivity index (χ0n) is 14.1. The number of carbonyl (C=O) groups excluding carboxylic acids is 1. The summed E-state index contributed by atoms with van der Waals surface area (Å²) in [7, 11) is 0. The summed E-state index contributed by atoms with van der Waals surface area (Å²) in [4.78, 5) is 11.6. The molecule has 0 bridgehead atoms. The van der Waals surface area contributed by atoms with E-state index in [1.807, 2.05) is 12.1 Å². The molecule has 0 unspecified atom stereocenters. The minimum atomic E-state index is -0.349. The van der Waals surface area contributed by atoms with Crippen LogP contribution in [-0.2, 0) is 16.1 Å². The Morgan fingerprint density at radius 2 is 2.08 bits per heavy atom. The summed E-state index contributed by atoms with van der Waals surface area (Å²) in [6.45, 7) is 3.06. The standard InChI is InChI=1S/C20H24FNO2/c1-2-24-20(23)11-9-18-13-16-12-17(21)8-10-19(16)22(18)14-15-6-4-3-5-7-15/h8-13,15H,2-7,14H2,1H3/b11-9+. The maximum Gasteiger partial charge on any atom is 0.330 e. The summed E-state index contributed by atoms with van der Waals surface area (Å²) in [5, 5.41) is 0.870. The summed E-state index contributed by atoms with van der Waals surface area (Å²) in [6, 6.07) is 6.82. The van der Waals surface area contributed by atoms with E-state index in [-0.39, 0.29) is 11.8 Å². The first-order chi connectivity index (χ1) is 11.7. The number of hydrogen-bond acceptors (Lipinski definition) is 2. The van der Waals surface area contributed by atoms with Gasteiger partial charge in [-0.05, 0) is 56.0 Å². The zero-order chi connectivity index (χ0) is 16.9.